The van der Waals surface area contributed by atoms with E-state index in [2.05, 4.69) is 33.9 Å². The largest absolute Gasteiger partial charge is 0.352 e. The van der Waals surface area contributed by atoms with Gasteiger partial charge in [0.1, 0.15) is 0 Å². The van der Waals surface area contributed by atoms with Gasteiger partial charge in [-0.3, -0.25) is 4.79 Å². The second kappa shape index (κ2) is 5.31. The maximum absolute atomic E-state index is 11.6. The zero-order valence-corrected chi connectivity index (χ0v) is 10.5. The van der Waals surface area contributed by atoms with Gasteiger partial charge in [0.25, 0.3) is 5.56 Å². The van der Waals surface area contributed by atoms with Crippen molar-refractivity contribution < 1.29 is 0 Å². The quantitative estimate of drug-likeness (QED) is 0.832. The molecule has 5 nitrogen and oxygen atoms in total. The maximum Gasteiger partial charge on any atom is 0.290 e. The Balaban J connectivity index is 1.96. The Hall–Kier alpha value is -1.36. The van der Waals surface area contributed by atoms with Crippen LogP contribution in [-0.4, -0.2) is 48.6 Å². The van der Waals surface area contributed by atoms with Crippen molar-refractivity contribution in [3.63, 3.8) is 0 Å². The smallest absolute Gasteiger partial charge is 0.290 e. The molecule has 0 spiro atoms. The Morgan fingerprint density at radius 2 is 2.18 bits per heavy atom. The topological polar surface area (TPSA) is 52.2 Å². The van der Waals surface area contributed by atoms with Crippen LogP contribution >= 0.6 is 0 Å². The molecule has 1 fully saturated rings. The molecule has 1 aliphatic heterocycles. The fourth-order valence-corrected chi connectivity index (χ4v) is 2.41. The molecule has 1 N–H and O–H groups in total. The molecule has 0 saturated carbocycles. The van der Waals surface area contributed by atoms with Gasteiger partial charge in [-0.15, -0.1) is 0 Å². The number of anilines is 1. The molecule has 0 aromatic carbocycles. The van der Waals surface area contributed by atoms with Crippen LogP contribution < -0.4 is 10.5 Å². The summed E-state index contributed by atoms with van der Waals surface area (Å²) in [7, 11) is 4.21. The lowest BCUT2D eigenvalue weighted by Crippen LogP contribution is -2.39. The Kier molecular flexibility index (Phi) is 3.78. The van der Waals surface area contributed by atoms with E-state index in [1.165, 1.54) is 0 Å². The van der Waals surface area contributed by atoms with Crippen molar-refractivity contribution in [3.05, 3.63) is 22.7 Å². The van der Waals surface area contributed by atoms with Crippen LogP contribution in [0.5, 0.6) is 0 Å². The number of nitrogens with one attached hydrogen (secondary N) is 1. The van der Waals surface area contributed by atoms with Gasteiger partial charge in [-0.1, -0.05) is 0 Å². The van der Waals surface area contributed by atoms with Crippen LogP contribution in [0.25, 0.3) is 0 Å². The Morgan fingerprint density at radius 1 is 1.47 bits per heavy atom. The van der Waals surface area contributed by atoms with Crippen LogP contribution in [0.4, 0.5) is 5.82 Å². The van der Waals surface area contributed by atoms with Crippen molar-refractivity contribution in [1.82, 2.24) is 14.9 Å². The van der Waals surface area contributed by atoms with E-state index in [0.717, 1.165) is 38.4 Å². The summed E-state index contributed by atoms with van der Waals surface area (Å²) in [5, 5.41) is 0. The number of aromatic nitrogens is 2. The maximum atomic E-state index is 11.6. The fourth-order valence-electron chi connectivity index (χ4n) is 2.41. The molecule has 0 amide bonds. The van der Waals surface area contributed by atoms with Crippen LogP contribution in [0.15, 0.2) is 17.2 Å². The van der Waals surface area contributed by atoms with E-state index in [4.69, 9.17) is 0 Å². The molecule has 5 heteroatoms. The van der Waals surface area contributed by atoms with Gasteiger partial charge >= 0.3 is 0 Å². The molecule has 1 aromatic heterocycles. The number of nitrogens with zero attached hydrogens (tertiary/aromatic N) is 3. The van der Waals surface area contributed by atoms with Gasteiger partial charge in [-0.25, -0.2) is 4.98 Å². The third-order valence-electron chi connectivity index (χ3n) is 3.23. The number of hydrogen-bond acceptors (Lipinski definition) is 4. The molecule has 1 saturated heterocycles. The first-order valence-electron chi connectivity index (χ1n) is 6.10. The van der Waals surface area contributed by atoms with E-state index < -0.39 is 0 Å². The minimum Gasteiger partial charge on any atom is -0.352 e. The van der Waals surface area contributed by atoms with Crippen LogP contribution in [0, 0.1) is 5.92 Å². The van der Waals surface area contributed by atoms with Gasteiger partial charge in [0, 0.05) is 32.0 Å². The summed E-state index contributed by atoms with van der Waals surface area (Å²) in [5.41, 5.74) is -0.0847. The number of rotatable bonds is 3. The molecule has 0 aliphatic carbocycles. The van der Waals surface area contributed by atoms with Crippen LogP contribution in [0.2, 0.25) is 0 Å². The molecule has 2 rings (SSSR count). The second-order valence-electron chi connectivity index (χ2n) is 4.93. The average Bonchev–Trinajstić information content (AvgIpc) is 2.30. The van der Waals surface area contributed by atoms with Crippen LogP contribution in [0.3, 0.4) is 0 Å². The van der Waals surface area contributed by atoms with Gasteiger partial charge in [0.15, 0.2) is 5.82 Å². The molecule has 0 unspecified atom stereocenters. The first-order chi connectivity index (χ1) is 8.16. The van der Waals surface area contributed by atoms with Crippen molar-refractivity contribution in [2.24, 2.45) is 5.92 Å². The summed E-state index contributed by atoms with van der Waals surface area (Å²) in [6.07, 6.45) is 5.48. The third kappa shape index (κ3) is 3.06. The molecule has 94 valence electrons. The predicted molar refractivity (Wildman–Crippen MR) is 68.3 cm³/mol. The van der Waals surface area contributed by atoms with Gasteiger partial charge in [0.2, 0.25) is 0 Å². The van der Waals surface area contributed by atoms with E-state index in [1.54, 1.807) is 12.4 Å². The first-order valence-corrected chi connectivity index (χ1v) is 6.10. The summed E-state index contributed by atoms with van der Waals surface area (Å²) in [4.78, 5) is 22.8. The molecular weight excluding hydrogens is 216 g/mol. The summed E-state index contributed by atoms with van der Waals surface area (Å²) in [6.45, 7) is 2.99. The molecule has 1 aromatic rings. The van der Waals surface area contributed by atoms with Crippen molar-refractivity contribution in [1.29, 1.82) is 0 Å². The minimum absolute atomic E-state index is 0.0847. The van der Waals surface area contributed by atoms with Gasteiger partial charge in [-0.2, -0.15) is 0 Å². The fraction of sp³-hybridized carbons (Fsp3) is 0.667. The van der Waals surface area contributed by atoms with Crippen molar-refractivity contribution in [2.75, 3.05) is 38.6 Å². The highest BCUT2D eigenvalue weighted by atomic mass is 16.1. The Labute approximate surface area is 101 Å². The van der Waals surface area contributed by atoms with Gasteiger partial charge in [0.05, 0.1) is 0 Å². The molecule has 1 aliphatic rings. The monoisotopic (exact) mass is 236 g/mol. The summed E-state index contributed by atoms with van der Waals surface area (Å²) in [5.74, 6) is 1.31. The highest BCUT2D eigenvalue weighted by Crippen LogP contribution is 2.19. The van der Waals surface area contributed by atoms with Crippen molar-refractivity contribution >= 4 is 5.82 Å². The normalized spacial score (nSPS) is 17.7. The van der Waals surface area contributed by atoms with E-state index >= 15 is 0 Å². The molecule has 0 radical (unpaired) electrons. The summed E-state index contributed by atoms with van der Waals surface area (Å²) < 4.78 is 0. The minimum atomic E-state index is -0.0847. The number of aromatic amines is 1. The molecule has 0 bridgehead atoms. The summed E-state index contributed by atoms with van der Waals surface area (Å²) in [6, 6.07) is 0. The highest BCUT2D eigenvalue weighted by Gasteiger charge is 2.21. The lowest BCUT2D eigenvalue weighted by molar-refractivity contribution is 0.284. The molecule has 2 heterocycles. The standard InChI is InChI=1S/C12H20N4O/c1-15(2)9-10-3-7-16(8-4-10)11-12(17)14-6-5-13-11/h5-6,10H,3-4,7-9H2,1-2H3,(H,14,17). The molecule has 0 atom stereocenters. The van der Waals surface area contributed by atoms with Crippen LogP contribution in [-0.2, 0) is 0 Å². The Morgan fingerprint density at radius 3 is 2.76 bits per heavy atom. The zero-order valence-electron chi connectivity index (χ0n) is 10.5. The average molecular weight is 236 g/mol. The van der Waals surface area contributed by atoms with E-state index in [-0.39, 0.29) is 5.56 Å². The molecule has 17 heavy (non-hydrogen) atoms. The zero-order chi connectivity index (χ0) is 12.3. The first kappa shape index (κ1) is 12.1. The summed E-state index contributed by atoms with van der Waals surface area (Å²) >= 11 is 0. The third-order valence-corrected chi connectivity index (χ3v) is 3.23. The van der Waals surface area contributed by atoms with Crippen molar-refractivity contribution in [3.8, 4) is 0 Å². The van der Waals surface area contributed by atoms with Gasteiger partial charge in [-0.05, 0) is 32.9 Å². The van der Waals surface area contributed by atoms with E-state index in [0.29, 0.717) is 5.82 Å². The second-order valence-corrected chi connectivity index (χ2v) is 4.93. The van der Waals surface area contributed by atoms with E-state index in [1.807, 2.05) is 0 Å². The van der Waals surface area contributed by atoms with Crippen molar-refractivity contribution in [2.45, 2.75) is 12.8 Å². The predicted octanol–water partition coefficient (Wildman–Crippen LogP) is 0.548. The number of H-pyrrole nitrogens is 1. The highest BCUT2D eigenvalue weighted by molar-refractivity contribution is 5.35. The lowest BCUT2D eigenvalue weighted by atomic mass is 9.96. The number of hydrogen-bond donors (Lipinski definition) is 1. The Bertz CT molecular complexity index is 407. The SMILES string of the molecule is CN(C)CC1CCN(c2ncc[nH]c2=O)CC1. The van der Waals surface area contributed by atoms with Gasteiger partial charge < -0.3 is 14.8 Å². The number of piperidine rings is 1. The van der Waals surface area contributed by atoms with E-state index in [9.17, 15) is 4.79 Å². The van der Waals surface area contributed by atoms with Crippen LogP contribution in [0.1, 0.15) is 12.8 Å². The lowest BCUT2D eigenvalue weighted by Gasteiger charge is -2.33. The molecular formula is C12H20N4O.